The Morgan fingerprint density at radius 2 is 2.50 bits per heavy atom. The van der Waals surface area contributed by atoms with Crippen molar-refractivity contribution in [2.24, 2.45) is 7.05 Å². The molecule has 1 N–H and O–H groups in total. The minimum absolute atomic E-state index is 0.714. The van der Waals surface area contributed by atoms with Gasteiger partial charge in [0.25, 0.3) is 0 Å². The first-order valence-electron chi connectivity index (χ1n) is 3.98. The van der Waals surface area contributed by atoms with Crippen molar-refractivity contribution in [2.45, 2.75) is 13.0 Å². The van der Waals surface area contributed by atoms with E-state index >= 15 is 0 Å². The van der Waals surface area contributed by atoms with Gasteiger partial charge in [-0.15, -0.1) is 0 Å². The summed E-state index contributed by atoms with van der Waals surface area (Å²) in [4.78, 5) is 0. The molecule has 62 valence electrons. The van der Waals surface area contributed by atoms with Crippen molar-refractivity contribution in [3.63, 3.8) is 0 Å². The topological polar surface area (TPSA) is 53.6 Å². The highest BCUT2D eigenvalue weighted by Crippen LogP contribution is 2.15. The van der Waals surface area contributed by atoms with E-state index in [9.17, 15) is 0 Å². The average Bonchev–Trinajstić information content (AvgIpc) is 2.40. The van der Waals surface area contributed by atoms with E-state index in [2.05, 4.69) is 16.5 Å². The molecule has 0 saturated heterocycles. The summed E-state index contributed by atoms with van der Waals surface area (Å²) in [6.07, 6.45) is 0.923. The Labute approximate surface area is 70.8 Å². The predicted molar refractivity (Wildman–Crippen MR) is 43.3 cm³/mol. The van der Waals surface area contributed by atoms with Gasteiger partial charge in [0.05, 0.1) is 5.69 Å². The van der Waals surface area contributed by atoms with E-state index in [0.717, 1.165) is 30.8 Å². The van der Waals surface area contributed by atoms with Crippen LogP contribution in [0.1, 0.15) is 17.0 Å². The maximum absolute atomic E-state index is 8.83. The second-order valence-corrected chi connectivity index (χ2v) is 2.94. The van der Waals surface area contributed by atoms with Crippen LogP contribution in [-0.4, -0.2) is 16.3 Å². The highest BCUT2D eigenvalue weighted by molar-refractivity contribution is 5.36. The van der Waals surface area contributed by atoms with Crippen LogP contribution in [-0.2, 0) is 20.0 Å². The first kappa shape index (κ1) is 7.32. The number of nitriles is 1. The van der Waals surface area contributed by atoms with Gasteiger partial charge in [0.1, 0.15) is 11.8 Å². The molecule has 12 heavy (non-hydrogen) atoms. The van der Waals surface area contributed by atoms with Crippen molar-refractivity contribution in [1.82, 2.24) is 15.1 Å². The smallest absolute Gasteiger partial charge is 0.141 e. The molecule has 4 heteroatoms. The standard InChI is InChI=1S/C8H10N4/c1-12-8(4-9)6-2-3-10-5-7(6)11-12/h10H,2-3,5H2,1H3. The third kappa shape index (κ3) is 0.908. The molecule has 1 aliphatic heterocycles. The molecule has 1 aliphatic rings. The molecule has 0 fully saturated rings. The molecular weight excluding hydrogens is 152 g/mol. The minimum Gasteiger partial charge on any atom is -0.311 e. The summed E-state index contributed by atoms with van der Waals surface area (Å²) in [6, 6.07) is 2.18. The van der Waals surface area contributed by atoms with Gasteiger partial charge in [-0.3, -0.25) is 4.68 Å². The lowest BCUT2D eigenvalue weighted by Gasteiger charge is -2.10. The normalized spacial score (nSPS) is 15.3. The molecule has 2 rings (SSSR count). The summed E-state index contributed by atoms with van der Waals surface area (Å²) >= 11 is 0. The van der Waals surface area contributed by atoms with Crippen LogP contribution in [0.5, 0.6) is 0 Å². The maximum Gasteiger partial charge on any atom is 0.141 e. The SMILES string of the molecule is Cn1nc2c(c1C#N)CCNC2. The van der Waals surface area contributed by atoms with Gasteiger partial charge in [0.15, 0.2) is 0 Å². The Balaban J connectivity index is 2.56. The van der Waals surface area contributed by atoms with Gasteiger partial charge in [-0.05, 0) is 13.0 Å². The van der Waals surface area contributed by atoms with Crippen LogP contribution in [0.25, 0.3) is 0 Å². The summed E-state index contributed by atoms with van der Waals surface area (Å²) in [5.74, 6) is 0. The molecule has 0 aliphatic carbocycles. The third-order valence-electron chi connectivity index (χ3n) is 2.18. The van der Waals surface area contributed by atoms with Crippen molar-refractivity contribution in [3.8, 4) is 6.07 Å². The van der Waals surface area contributed by atoms with Gasteiger partial charge in [0, 0.05) is 19.2 Å². The van der Waals surface area contributed by atoms with Crippen LogP contribution in [0, 0.1) is 11.3 Å². The van der Waals surface area contributed by atoms with Gasteiger partial charge < -0.3 is 5.32 Å². The molecule has 0 saturated carbocycles. The molecule has 0 unspecified atom stereocenters. The zero-order valence-corrected chi connectivity index (χ0v) is 6.96. The molecular formula is C8H10N4. The van der Waals surface area contributed by atoms with Crippen LogP contribution in [0.3, 0.4) is 0 Å². The zero-order valence-electron chi connectivity index (χ0n) is 6.96. The summed E-state index contributed by atoms with van der Waals surface area (Å²) in [6.45, 7) is 1.75. The van der Waals surface area contributed by atoms with Crippen LogP contribution in [0.15, 0.2) is 0 Å². The number of hydrogen-bond donors (Lipinski definition) is 1. The first-order valence-corrected chi connectivity index (χ1v) is 3.98. The first-order chi connectivity index (χ1) is 5.83. The number of nitrogens with one attached hydrogen (secondary N) is 1. The van der Waals surface area contributed by atoms with E-state index in [-0.39, 0.29) is 0 Å². The Kier molecular flexibility index (Phi) is 1.59. The maximum atomic E-state index is 8.83. The highest BCUT2D eigenvalue weighted by atomic mass is 15.3. The molecule has 0 spiro atoms. The van der Waals surface area contributed by atoms with Crippen LogP contribution in [0.4, 0.5) is 0 Å². The second-order valence-electron chi connectivity index (χ2n) is 2.94. The van der Waals surface area contributed by atoms with Crippen molar-refractivity contribution >= 4 is 0 Å². The Bertz CT molecular complexity index is 345. The van der Waals surface area contributed by atoms with Gasteiger partial charge in [-0.25, -0.2) is 0 Å². The molecule has 2 heterocycles. The summed E-state index contributed by atoms with van der Waals surface area (Å²) in [5, 5.41) is 16.3. The van der Waals surface area contributed by atoms with Gasteiger partial charge >= 0.3 is 0 Å². The van der Waals surface area contributed by atoms with Gasteiger partial charge in [-0.2, -0.15) is 10.4 Å². The number of aromatic nitrogens is 2. The van der Waals surface area contributed by atoms with Crippen molar-refractivity contribution in [2.75, 3.05) is 6.54 Å². The Morgan fingerprint density at radius 3 is 3.25 bits per heavy atom. The number of hydrogen-bond acceptors (Lipinski definition) is 3. The summed E-state index contributed by atoms with van der Waals surface area (Å²) in [7, 11) is 1.82. The fourth-order valence-electron chi connectivity index (χ4n) is 1.59. The summed E-state index contributed by atoms with van der Waals surface area (Å²) in [5.41, 5.74) is 2.87. The quantitative estimate of drug-likeness (QED) is 0.581. The van der Waals surface area contributed by atoms with Crippen molar-refractivity contribution in [3.05, 3.63) is 17.0 Å². The molecule has 0 aromatic carbocycles. The third-order valence-corrected chi connectivity index (χ3v) is 2.18. The van der Waals surface area contributed by atoms with Gasteiger partial charge in [-0.1, -0.05) is 0 Å². The minimum atomic E-state index is 0.714. The lowest BCUT2D eigenvalue weighted by molar-refractivity contribution is 0.625. The van der Waals surface area contributed by atoms with Gasteiger partial charge in [0.2, 0.25) is 0 Å². The van der Waals surface area contributed by atoms with Crippen LogP contribution < -0.4 is 5.32 Å². The van der Waals surface area contributed by atoms with E-state index in [4.69, 9.17) is 5.26 Å². The fraction of sp³-hybridized carbons (Fsp3) is 0.500. The fourth-order valence-corrected chi connectivity index (χ4v) is 1.59. The molecule has 0 bridgehead atoms. The Hall–Kier alpha value is -1.34. The highest BCUT2D eigenvalue weighted by Gasteiger charge is 2.17. The molecule has 1 aromatic heterocycles. The molecule has 0 radical (unpaired) electrons. The molecule has 1 aromatic rings. The molecule has 0 amide bonds. The number of aryl methyl sites for hydroxylation is 1. The Morgan fingerprint density at radius 1 is 1.67 bits per heavy atom. The van der Waals surface area contributed by atoms with E-state index in [0.29, 0.717) is 5.69 Å². The monoisotopic (exact) mass is 162 g/mol. The zero-order chi connectivity index (χ0) is 8.55. The largest absolute Gasteiger partial charge is 0.311 e. The van der Waals surface area contributed by atoms with E-state index in [1.165, 1.54) is 0 Å². The predicted octanol–water partition coefficient (Wildman–Crippen LogP) is -0.0625. The number of fused-ring (bicyclic) bond motifs is 1. The van der Waals surface area contributed by atoms with Crippen LogP contribution in [0.2, 0.25) is 0 Å². The second kappa shape index (κ2) is 2.61. The average molecular weight is 162 g/mol. The van der Waals surface area contributed by atoms with E-state index < -0.39 is 0 Å². The van der Waals surface area contributed by atoms with E-state index in [1.54, 1.807) is 4.68 Å². The van der Waals surface area contributed by atoms with Crippen LogP contribution >= 0.6 is 0 Å². The lowest BCUT2D eigenvalue weighted by atomic mass is 10.1. The number of rotatable bonds is 0. The van der Waals surface area contributed by atoms with E-state index in [1.807, 2.05) is 7.05 Å². The van der Waals surface area contributed by atoms with Crippen molar-refractivity contribution in [1.29, 1.82) is 5.26 Å². The number of nitrogens with zero attached hydrogens (tertiary/aromatic N) is 3. The summed E-state index contributed by atoms with van der Waals surface area (Å²) < 4.78 is 1.66. The van der Waals surface area contributed by atoms with Crippen molar-refractivity contribution < 1.29 is 0 Å². The lowest BCUT2D eigenvalue weighted by Crippen LogP contribution is -2.23. The molecule has 0 atom stereocenters. The molecule has 4 nitrogen and oxygen atoms in total.